The smallest absolute Gasteiger partial charge is 0.404 e. The van der Waals surface area contributed by atoms with E-state index in [0.29, 0.717) is 19.1 Å². The molecule has 1 rings (SSSR count). The first-order valence-electron chi connectivity index (χ1n) is 5.68. The highest BCUT2D eigenvalue weighted by molar-refractivity contribution is 6.27. The van der Waals surface area contributed by atoms with Crippen molar-refractivity contribution in [2.24, 2.45) is 5.41 Å². The zero-order valence-electron chi connectivity index (χ0n) is 10.2. The molecule has 0 atom stereocenters. The van der Waals surface area contributed by atoms with E-state index in [1.807, 2.05) is 13.8 Å². The summed E-state index contributed by atoms with van der Waals surface area (Å²) in [6, 6.07) is 0.297. The third kappa shape index (κ3) is 4.81. The lowest BCUT2D eigenvalue weighted by Gasteiger charge is -2.32. The number of carboxylic acid groups (broad SMARTS) is 1. The number of amides is 2. The van der Waals surface area contributed by atoms with Crippen molar-refractivity contribution in [3.63, 3.8) is 0 Å². The molecule has 0 heterocycles. The molecule has 17 heavy (non-hydrogen) atoms. The van der Waals surface area contributed by atoms with Crippen molar-refractivity contribution in [2.75, 3.05) is 19.0 Å². The molecular formula is C11H19ClN2O3. The average molecular weight is 263 g/mol. The second-order valence-electron chi connectivity index (χ2n) is 5.21. The molecular weight excluding hydrogens is 244 g/mol. The first-order chi connectivity index (χ1) is 7.85. The number of alkyl halides is 1. The molecule has 2 amide bonds. The van der Waals surface area contributed by atoms with Gasteiger partial charge in [-0.15, -0.1) is 11.6 Å². The molecule has 1 fully saturated rings. The van der Waals surface area contributed by atoms with Crippen LogP contribution in [0, 0.1) is 5.41 Å². The molecule has 0 unspecified atom stereocenters. The van der Waals surface area contributed by atoms with Crippen molar-refractivity contribution in [1.82, 2.24) is 10.2 Å². The minimum Gasteiger partial charge on any atom is -0.465 e. The molecule has 0 bridgehead atoms. The third-order valence-corrected chi connectivity index (χ3v) is 2.97. The second kappa shape index (κ2) is 5.58. The van der Waals surface area contributed by atoms with E-state index in [-0.39, 0.29) is 17.2 Å². The largest absolute Gasteiger partial charge is 0.465 e. The van der Waals surface area contributed by atoms with Crippen molar-refractivity contribution < 1.29 is 14.7 Å². The molecule has 0 saturated heterocycles. The van der Waals surface area contributed by atoms with Crippen molar-refractivity contribution >= 4 is 23.6 Å². The Morgan fingerprint density at radius 3 is 2.47 bits per heavy atom. The standard InChI is InChI=1S/C11H19ClN2O3/c1-11(2,6-13-10(16)17)7-14(8-3-4-8)9(15)5-12/h8,13H,3-7H2,1-2H3,(H,16,17). The van der Waals surface area contributed by atoms with Crippen LogP contribution in [0.4, 0.5) is 4.79 Å². The zero-order chi connectivity index (χ0) is 13.1. The molecule has 1 aliphatic rings. The fourth-order valence-electron chi connectivity index (χ4n) is 1.72. The summed E-state index contributed by atoms with van der Waals surface area (Å²) in [5.41, 5.74) is -0.289. The summed E-state index contributed by atoms with van der Waals surface area (Å²) >= 11 is 5.57. The number of halogens is 1. The van der Waals surface area contributed by atoms with E-state index < -0.39 is 6.09 Å². The molecule has 0 aliphatic heterocycles. The molecule has 1 saturated carbocycles. The van der Waals surface area contributed by atoms with Crippen LogP contribution < -0.4 is 5.32 Å². The minimum atomic E-state index is -1.04. The molecule has 0 aromatic heterocycles. The van der Waals surface area contributed by atoms with Gasteiger partial charge in [0.05, 0.1) is 0 Å². The van der Waals surface area contributed by atoms with Crippen LogP contribution in [-0.4, -0.2) is 47.0 Å². The van der Waals surface area contributed by atoms with Gasteiger partial charge < -0.3 is 15.3 Å². The summed E-state index contributed by atoms with van der Waals surface area (Å²) in [7, 11) is 0. The number of nitrogens with zero attached hydrogens (tertiary/aromatic N) is 1. The van der Waals surface area contributed by atoms with Crippen LogP contribution in [0.1, 0.15) is 26.7 Å². The van der Waals surface area contributed by atoms with E-state index in [2.05, 4.69) is 5.32 Å². The van der Waals surface area contributed by atoms with E-state index in [4.69, 9.17) is 16.7 Å². The predicted octanol–water partition coefficient (Wildman–Crippen LogP) is 1.51. The maximum Gasteiger partial charge on any atom is 0.404 e. The minimum absolute atomic E-state index is 0.0149. The van der Waals surface area contributed by atoms with Crippen molar-refractivity contribution in [2.45, 2.75) is 32.7 Å². The first kappa shape index (κ1) is 14.1. The fourth-order valence-corrected chi connectivity index (χ4v) is 1.87. The number of carbonyl (C=O) groups excluding carboxylic acids is 1. The lowest BCUT2D eigenvalue weighted by molar-refractivity contribution is -0.130. The summed E-state index contributed by atoms with van der Waals surface area (Å²) in [6.07, 6.45) is 0.996. The van der Waals surface area contributed by atoms with Crippen molar-refractivity contribution in [3.8, 4) is 0 Å². The van der Waals surface area contributed by atoms with Crippen LogP contribution in [0.3, 0.4) is 0 Å². The topological polar surface area (TPSA) is 69.6 Å². The lowest BCUT2D eigenvalue weighted by atomic mass is 9.92. The molecule has 5 nitrogen and oxygen atoms in total. The van der Waals surface area contributed by atoms with Gasteiger partial charge in [0.2, 0.25) is 5.91 Å². The van der Waals surface area contributed by atoms with Gasteiger partial charge in [-0.2, -0.15) is 0 Å². The summed E-state index contributed by atoms with van der Waals surface area (Å²) in [6.45, 7) is 4.71. The van der Waals surface area contributed by atoms with Gasteiger partial charge in [-0.1, -0.05) is 13.8 Å². The van der Waals surface area contributed by atoms with Crippen molar-refractivity contribution in [1.29, 1.82) is 0 Å². The van der Waals surface area contributed by atoms with Gasteiger partial charge >= 0.3 is 6.09 Å². The molecule has 2 N–H and O–H groups in total. The summed E-state index contributed by atoms with van der Waals surface area (Å²) in [5, 5.41) is 10.9. The molecule has 0 spiro atoms. The third-order valence-electron chi connectivity index (χ3n) is 2.74. The number of hydrogen-bond acceptors (Lipinski definition) is 2. The maximum atomic E-state index is 11.7. The molecule has 6 heteroatoms. The molecule has 0 aromatic carbocycles. The van der Waals surface area contributed by atoms with Crippen molar-refractivity contribution in [3.05, 3.63) is 0 Å². The highest BCUT2D eigenvalue weighted by Crippen LogP contribution is 2.30. The van der Waals surface area contributed by atoms with Crippen LogP contribution >= 0.6 is 11.6 Å². The van der Waals surface area contributed by atoms with Crippen LogP contribution in [0.5, 0.6) is 0 Å². The Bertz CT molecular complexity index is 303. The predicted molar refractivity (Wildman–Crippen MR) is 65.3 cm³/mol. The SMILES string of the molecule is CC(C)(CNC(=O)O)CN(C(=O)CCl)C1CC1. The van der Waals surface area contributed by atoms with Gasteiger partial charge in [0.25, 0.3) is 0 Å². The summed E-state index contributed by atoms with van der Waals surface area (Å²) in [5.74, 6) is -0.0866. The van der Waals surface area contributed by atoms with Crippen LogP contribution in [-0.2, 0) is 4.79 Å². The van der Waals surface area contributed by atoms with E-state index >= 15 is 0 Å². The summed E-state index contributed by atoms with van der Waals surface area (Å²) in [4.78, 5) is 23.9. The highest BCUT2D eigenvalue weighted by atomic mass is 35.5. The van der Waals surface area contributed by atoms with Crippen LogP contribution in [0.25, 0.3) is 0 Å². The lowest BCUT2D eigenvalue weighted by Crippen LogP contribution is -2.45. The Labute approximate surface area is 106 Å². The van der Waals surface area contributed by atoms with Gasteiger partial charge in [-0.25, -0.2) is 4.79 Å². The Morgan fingerprint density at radius 2 is 2.06 bits per heavy atom. The number of hydrogen-bond donors (Lipinski definition) is 2. The normalized spacial score (nSPS) is 15.5. The Hall–Kier alpha value is -0.970. The molecule has 0 radical (unpaired) electrons. The van der Waals surface area contributed by atoms with E-state index in [0.717, 1.165) is 12.8 Å². The first-order valence-corrected chi connectivity index (χ1v) is 6.21. The van der Waals surface area contributed by atoms with Gasteiger partial charge in [0, 0.05) is 19.1 Å². The summed E-state index contributed by atoms with van der Waals surface area (Å²) < 4.78 is 0. The van der Waals surface area contributed by atoms with Crippen LogP contribution in [0.2, 0.25) is 0 Å². The van der Waals surface area contributed by atoms with Gasteiger partial charge in [0.15, 0.2) is 0 Å². The number of carbonyl (C=O) groups is 2. The maximum absolute atomic E-state index is 11.7. The Balaban J connectivity index is 2.52. The fraction of sp³-hybridized carbons (Fsp3) is 0.818. The van der Waals surface area contributed by atoms with Gasteiger partial charge in [-0.3, -0.25) is 4.79 Å². The highest BCUT2D eigenvalue weighted by Gasteiger charge is 2.35. The van der Waals surface area contributed by atoms with Crippen LogP contribution in [0.15, 0.2) is 0 Å². The number of rotatable bonds is 6. The quantitative estimate of drug-likeness (QED) is 0.713. The van der Waals surface area contributed by atoms with E-state index in [1.54, 1.807) is 4.90 Å². The Kier molecular flexibility index (Phi) is 4.62. The molecule has 0 aromatic rings. The Morgan fingerprint density at radius 1 is 1.47 bits per heavy atom. The second-order valence-corrected chi connectivity index (χ2v) is 5.48. The van der Waals surface area contributed by atoms with E-state index in [1.165, 1.54) is 0 Å². The molecule has 1 aliphatic carbocycles. The molecule has 98 valence electrons. The van der Waals surface area contributed by atoms with Gasteiger partial charge in [-0.05, 0) is 18.3 Å². The zero-order valence-corrected chi connectivity index (χ0v) is 11.0. The number of nitrogens with one attached hydrogen (secondary N) is 1. The van der Waals surface area contributed by atoms with E-state index in [9.17, 15) is 9.59 Å². The van der Waals surface area contributed by atoms with Gasteiger partial charge in [0.1, 0.15) is 5.88 Å². The monoisotopic (exact) mass is 262 g/mol. The average Bonchev–Trinajstić information content (AvgIpc) is 3.06.